The zero-order chi connectivity index (χ0) is 7.66. The number of unbranched alkanes of at least 4 members (excludes halogenated alkanes) is 1. The molecule has 0 nitrogen and oxygen atoms in total. The number of rotatable bonds is 7. The molecule has 0 aromatic heterocycles. The predicted octanol–water partition coefficient (Wildman–Crippen LogP) is 2.83. The summed E-state index contributed by atoms with van der Waals surface area (Å²) in [6.45, 7) is -0.445. The molecule has 0 bridgehead atoms. The Morgan fingerprint density at radius 2 is 1.40 bits per heavy atom. The Balaban J connectivity index is 2.65. The molecule has 0 aromatic carbocycles. The fourth-order valence-electron chi connectivity index (χ4n) is 0.557. The minimum absolute atomic E-state index is 0.219. The highest BCUT2D eigenvalue weighted by Gasteiger charge is 1.89. The molecule has 0 heterocycles. The molecule has 0 saturated heterocycles. The summed E-state index contributed by atoms with van der Waals surface area (Å²) in [5.41, 5.74) is 0. The third-order valence-electron chi connectivity index (χ3n) is 1.09. The van der Waals surface area contributed by atoms with E-state index in [1.54, 1.807) is 11.8 Å². The molecule has 0 aliphatic heterocycles. The zero-order valence-corrected chi connectivity index (χ0v) is 6.93. The van der Waals surface area contributed by atoms with Crippen molar-refractivity contribution in [3.05, 3.63) is 0 Å². The molecule has 0 rings (SSSR count). The van der Waals surface area contributed by atoms with Crippen LogP contribution in [0.25, 0.3) is 0 Å². The van der Waals surface area contributed by atoms with Gasteiger partial charge in [0.1, 0.15) is 0 Å². The lowest BCUT2D eigenvalue weighted by molar-refractivity contribution is 0.470. The van der Waals surface area contributed by atoms with Crippen molar-refractivity contribution in [3.8, 4) is 0 Å². The Hall–Kier alpha value is 0.210. The smallest absolute Gasteiger partial charge is 0.0902 e. The molecule has 0 aliphatic rings. The summed E-state index contributed by atoms with van der Waals surface area (Å²) < 4.78 is 23.0. The lowest BCUT2D eigenvalue weighted by Gasteiger charge is -1.96. The molecule has 0 spiro atoms. The van der Waals surface area contributed by atoms with Crippen molar-refractivity contribution in [2.24, 2.45) is 0 Å². The van der Waals surface area contributed by atoms with Gasteiger partial charge in [-0.05, 0) is 30.8 Å². The first-order valence-electron chi connectivity index (χ1n) is 3.61. The van der Waals surface area contributed by atoms with Crippen molar-refractivity contribution in [2.45, 2.75) is 19.3 Å². The van der Waals surface area contributed by atoms with E-state index in [2.05, 4.69) is 0 Å². The lowest BCUT2D eigenvalue weighted by Crippen LogP contribution is -1.86. The summed E-state index contributed by atoms with van der Waals surface area (Å²) in [5.74, 6) is 1.85. The van der Waals surface area contributed by atoms with Crippen molar-refractivity contribution >= 4 is 11.8 Å². The van der Waals surface area contributed by atoms with Gasteiger partial charge in [0, 0.05) is 0 Å². The Morgan fingerprint density at radius 3 is 2.00 bits per heavy atom. The van der Waals surface area contributed by atoms with E-state index < -0.39 is 0 Å². The van der Waals surface area contributed by atoms with E-state index in [-0.39, 0.29) is 13.3 Å². The minimum Gasteiger partial charge on any atom is -0.251 e. The van der Waals surface area contributed by atoms with E-state index >= 15 is 0 Å². The highest BCUT2D eigenvalue weighted by molar-refractivity contribution is 7.99. The van der Waals surface area contributed by atoms with Crippen LogP contribution in [-0.2, 0) is 0 Å². The second-order valence-corrected chi connectivity index (χ2v) is 3.28. The third-order valence-corrected chi connectivity index (χ3v) is 2.25. The maximum absolute atomic E-state index is 11.5. The molecule has 0 atom stereocenters. The average Bonchev–Trinajstić information content (AvgIpc) is 1.97. The van der Waals surface area contributed by atoms with Crippen molar-refractivity contribution in [3.63, 3.8) is 0 Å². The van der Waals surface area contributed by atoms with E-state index in [0.717, 1.165) is 17.9 Å². The van der Waals surface area contributed by atoms with E-state index in [4.69, 9.17) is 0 Å². The summed E-state index contributed by atoms with van der Waals surface area (Å²) in [6.07, 6.45) is 2.22. The van der Waals surface area contributed by atoms with Crippen LogP contribution in [0.2, 0.25) is 0 Å². The maximum Gasteiger partial charge on any atom is 0.0902 e. The minimum atomic E-state index is -0.226. The highest BCUT2D eigenvalue weighted by Crippen LogP contribution is 2.06. The monoisotopic (exact) mass is 168 g/mol. The number of hydrogen-bond donors (Lipinski definition) is 0. The van der Waals surface area contributed by atoms with E-state index in [9.17, 15) is 8.78 Å². The summed E-state index contributed by atoms with van der Waals surface area (Å²) in [5, 5.41) is 0. The number of hydrogen-bond acceptors (Lipinski definition) is 1. The number of halogens is 2. The van der Waals surface area contributed by atoms with Crippen LogP contribution in [0.4, 0.5) is 8.78 Å². The molecule has 0 radical (unpaired) electrons. The van der Waals surface area contributed by atoms with Crippen molar-refractivity contribution < 1.29 is 8.78 Å². The topological polar surface area (TPSA) is 0 Å². The van der Waals surface area contributed by atoms with Gasteiger partial charge < -0.3 is 0 Å². The summed E-state index contributed by atoms with van der Waals surface area (Å²) >= 11 is 1.71. The van der Waals surface area contributed by atoms with Crippen molar-refractivity contribution in [1.82, 2.24) is 0 Å². The van der Waals surface area contributed by atoms with Gasteiger partial charge in [0.2, 0.25) is 0 Å². The van der Waals surface area contributed by atoms with Gasteiger partial charge in [-0.3, -0.25) is 8.78 Å². The first-order chi connectivity index (χ1) is 4.91. The first kappa shape index (κ1) is 10.2. The van der Waals surface area contributed by atoms with E-state index in [1.165, 1.54) is 0 Å². The Kier molecular flexibility index (Phi) is 9.40. The van der Waals surface area contributed by atoms with Gasteiger partial charge in [0.25, 0.3) is 0 Å². The molecule has 0 amide bonds. The first-order valence-corrected chi connectivity index (χ1v) is 4.77. The largest absolute Gasteiger partial charge is 0.251 e. The molecular formula is C7H14F2S. The molecule has 0 saturated carbocycles. The van der Waals surface area contributed by atoms with Crippen molar-refractivity contribution in [1.29, 1.82) is 0 Å². The standard InChI is InChI=1S/C7H14F2S/c8-4-1-2-6-10-7-3-5-9/h1-7H2. The highest BCUT2D eigenvalue weighted by atomic mass is 32.2. The van der Waals surface area contributed by atoms with E-state index in [0.29, 0.717) is 12.8 Å². The molecule has 0 aliphatic carbocycles. The molecule has 0 N–H and O–H groups in total. The quantitative estimate of drug-likeness (QED) is 0.527. The summed E-state index contributed by atoms with van der Waals surface area (Å²) in [4.78, 5) is 0. The number of thioether (sulfide) groups is 1. The summed E-state index contributed by atoms with van der Waals surface area (Å²) in [6, 6.07) is 0. The van der Waals surface area contributed by atoms with Gasteiger partial charge in [-0.1, -0.05) is 0 Å². The second kappa shape index (κ2) is 9.21. The van der Waals surface area contributed by atoms with Crippen molar-refractivity contribution in [2.75, 3.05) is 24.9 Å². The van der Waals surface area contributed by atoms with Gasteiger partial charge in [0.05, 0.1) is 13.3 Å². The SMILES string of the molecule is FCCCCSCCCF. The molecule has 0 aromatic rings. The lowest BCUT2D eigenvalue weighted by atomic mass is 10.4. The molecule has 3 heteroatoms. The van der Waals surface area contributed by atoms with Crippen LogP contribution in [0.15, 0.2) is 0 Å². The van der Waals surface area contributed by atoms with Crippen LogP contribution in [-0.4, -0.2) is 24.9 Å². The van der Waals surface area contributed by atoms with Crippen LogP contribution in [0.1, 0.15) is 19.3 Å². The van der Waals surface area contributed by atoms with Crippen LogP contribution in [0, 0.1) is 0 Å². The molecule has 0 fully saturated rings. The normalized spacial score (nSPS) is 10.2. The van der Waals surface area contributed by atoms with Crippen LogP contribution >= 0.6 is 11.8 Å². The molecule has 0 unspecified atom stereocenters. The fraction of sp³-hybridized carbons (Fsp3) is 1.00. The Morgan fingerprint density at radius 1 is 0.800 bits per heavy atom. The third kappa shape index (κ3) is 8.21. The molecule has 10 heavy (non-hydrogen) atoms. The maximum atomic E-state index is 11.5. The average molecular weight is 168 g/mol. The van der Waals surface area contributed by atoms with Crippen LogP contribution in [0.3, 0.4) is 0 Å². The number of alkyl halides is 2. The fourth-order valence-corrected chi connectivity index (χ4v) is 1.48. The van der Waals surface area contributed by atoms with Gasteiger partial charge in [-0.15, -0.1) is 0 Å². The summed E-state index contributed by atoms with van der Waals surface area (Å²) in [7, 11) is 0. The van der Waals surface area contributed by atoms with Crippen LogP contribution in [0.5, 0.6) is 0 Å². The van der Waals surface area contributed by atoms with Crippen LogP contribution < -0.4 is 0 Å². The van der Waals surface area contributed by atoms with E-state index in [1.807, 2.05) is 0 Å². The Bertz CT molecular complexity index is 51.6. The van der Waals surface area contributed by atoms with Gasteiger partial charge in [-0.2, -0.15) is 11.8 Å². The van der Waals surface area contributed by atoms with Gasteiger partial charge in [-0.25, -0.2) is 0 Å². The second-order valence-electron chi connectivity index (χ2n) is 2.05. The Labute approximate surface area is 65.4 Å². The molecular weight excluding hydrogens is 154 g/mol. The predicted molar refractivity (Wildman–Crippen MR) is 43.1 cm³/mol. The molecule has 62 valence electrons. The van der Waals surface area contributed by atoms with Gasteiger partial charge in [0.15, 0.2) is 0 Å². The zero-order valence-electron chi connectivity index (χ0n) is 6.11. The van der Waals surface area contributed by atoms with Gasteiger partial charge >= 0.3 is 0 Å².